The van der Waals surface area contributed by atoms with Crippen molar-refractivity contribution in [3.8, 4) is 0 Å². The summed E-state index contributed by atoms with van der Waals surface area (Å²) in [6, 6.07) is 0. The molecule has 0 bridgehead atoms. The number of allylic oxidation sites excluding steroid dienone is 5. The summed E-state index contributed by atoms with van der Waals surface area (Å²) in [4.78, 5) is 0. The van der Waals surface area contributed by atoms with Crippen LogP contribution in [0.4, 0.5) is 0 Å². The molecule has 0 heterocycles. The van der Waals surface area contributed by atoms with Crippen LogP contribution in [0.5, 0.6) is 0 Å². The van der Waals surface area contributed by atoms with E-state index in [-0.39, 0.29) is 6.29 Å². The quantitative estimate of drug-likeness (QED) is 0.354. The zero-order valence-corrected chi connectivity index (χ0v) is 9.27. The number of hydrogen-bond donors (Lipinski definition) is 0. The molecule has 2 heteroatoms. The molecular weight excluding hydrogens is 176 g/mol. The maximum atomic E-state index is 4.99. The molecule has 0 aromatic heterocycles. The first-order valence-corrected chi connectivity index (χ1v) is 4.89. The largest absolute Gasteiger partial charge is 0.352 e. The van der Waals surface area contributed by atoms with E-state index in [1.807, 2.05) is 18.2 Å². The van der Waals surface area contributed by atoms with Crippen molar-refractivity contribution in [2.24, 2.45) is 0 Å². The number of ether oxygens (including phenoxy) is 2. The van der Waals surface area contributed by atoms with Gasteiger partial charge in [-0.25, -0.2) is 0 Å². The molecule has 0 amide bonds. The van der Waals surface area contributed by atoms with Gasteiger partial charge >= 0.3 is 0 Å². The Morgan fingerprint density at radius 3 is 2.29 bits per heavy atom. The Morgan fingerprint density at radius 2 is 1.71 bits per heavy atom. The van der Waals surface area contributed by atoms with Crippen LogP contribution in [0.3, 0.4) is 0 Å². The SMILES string of the molecule is CC/C=C\CC=C/C=C/C(OC)OC. The van der Waals surface area contributed by atoms with Gasteiger partial charge in [-0.3, -0.25) is 0 Å². The fraction of sp³-hybridized carbons (Fsp3) is 0.500. The lowest BCUT2D eigenvalue weighted by Gasteiger charge is -2.06. The van der Waals surface area contributed by atoms with Crippen LogP contribution in [0.2, 0.25) is 0 Å². The van der Waals surface area contributed by atoms with Crippen molar-refractivity contribution >= 4 is 0 Å². The molecule has 14 heavy (non-hydrogen) atoms. The third kappa shape index (κ3) is 7.77. The van der Waals surface area contributed by atoms with E-state index < -0.39 is 0 Å². The second-order valence-electron chi connectivity index (χ2n) is 2.77. The van der Waals surface area contributed by atoms with E-state index in [1.54, 1.807) is 14.2 Å². The van der Waals surface area contributed by atoms with E-state index >= 15 is 0 Å². The first kappa shape index (κ1) is 13.1. The van der Waals surface area contributed by atoms with Crippen LogP contribution in [0.15, 0.2) is 36.5 Å². The average molecular weight is 196 g/mol. The summed E-state index contributed by atoms with van der Waals surface area (Å²) in [6.07, 6.45) is 14.0. The Kier molecular flexibility index (Phi) is 9.59. The standard InChI is InChI=1S/C12H20O2/c1-4-5-6-7-8-9-10-11-12(13-2)14-3/h5-6,8-12H,4,7H2,1-3H3/b6-5-,9-8?,11-10+. The lowest BCUT2D eigenvalue weighted by molar-refractivity contribution is -0.0666. The fourth-order valence-electron chi connectivity index (χ4n) is 0.907. The Labute approximate surface area is 86.9 Å². The van der Waals surface area contributed by atoms with Gasteiger partial charge in [-0.15, -0.1) is 0 Å². The molecular formula is C12H20O2. The van der Waals surface area contributed by atoms with Crippen LogP contribution in [-0.2, 0) is 9.47 Å². The van der Waals surface area contributed by atoms with Crippen molar-refractivity contribution in [2.45, 2.75) is 26.1 Å². The summed E-state index contributed by atoms with van der Waals surface area (Å²) >= 11 is 0. The van der Waals surface area contributed by atoms with Crippen molar-refractivity contribution in [1.29, 1.82) is 0 Å². The second kappa shape index (κ2) is 10.2. The molecule has 0 spiro atoms. The molecule has 0 aliphatic carbocycles. The molecule has 0 aliphatic heterocycles. The monoisotopic (exact) mass is 196 g/mol. The summed E-state index contributed by atoms with van der Waals surface area (Å²) in [7, 11) is 3.23. The smallest absolute Gasteiger partial charge is 0.176 e. The zero-order valence-electron chi connectivity index (χ0n) is 9.27. The van der Waals surface area contributed by atoms with Crippen molar-refractivity contribution < 1.29 is 9.47 Å². The fourth-order valence-corrected chi connectivity index (χ4v) is 0.907. The summed E-state index contributed by atoms with van der Waals surface area (Å²) < 4.78 is 9.98. The maximum Gasteiger partial charge on any atom is 0.176 e. The average Bonchev–Trinajstić information content (AvgIpc) is 2.22. The minimum Gasteiger partial charge on any atom is -0.352 e. The number of methoxy groups -OCH3 is 2. The maximum absolute atomic E-state index is 4.99. The van der Waals surface area contributed by atoms with E-state index in [2.05, 4.69) is 25.2 Å². The summed E-state index contributed by atoms with van der Waals surface area (Å²) in [6.45, 7) is 2.13. The van der Waals surface area contributed by atoms with E-state index in [9.17, 15) is 0 Å². The first-order valence-electron chi connectivity index (χ1n) is 4.89. The van der Waals surface area contributed by atoms with Gasteiger partial charge in [-0.05, 0) is 18.9 Å². The number of hydrogen-bond acceptors (Lipinski definition) is 2. The van der Waals surface area contributed by atoms with E-state index in [0.717, 1.165) is 12.8 Å². The Bertz CT molecular complexity index is 188. The molecule has 0 saturated heterocycles. The summed E-state index contributed by atoms with van der Waals surface area (Å²) in [5, 5.41) is 0. The van der Waals surface area contributed by atoms with E-state index in [4.69, 9.17) is 9.47 Å². The molecule has 0 radical (unpaired) electrons. The molecule has 0 N–H and O–H groups in total. The van der Waals surface area contributed by atoms with Crippen molar-refractivity contribution in [2.75, 3.05) is 14.2 Å². The normalized spacial score (nSPS) is 12.9. The Morgan fingerprint density at radius 1 is 1.00 bits per heavy atom. The minimum atomic E-state index is -0.245. The summed E-state index contributed by atoms with van der Waals surface area (Å²) in [5.74, 6) is 0. The second-order valence-corrected chi connectivity index (χ2v) is 2.77. The first-order chi connectivity index (χ1) is 6.85. The molecule has 0 rings (SSSR count). The highest BCUT2D eigenvalue weighted by molar-refractivity contribution is 5.05. The van der Waals surface area contributed by atoms with Gasteiger partial charge in [0, 0.05) is 14.2 Å². The van der Waals surface area contributed by atoms with E-state index in [1.165, 1.54) is 0 Å². The zero-order chi connectivity index (χ0) is 10.6. The van der Waals surface area contributed by atoms with Crippen molar-refractivity contribution in [3.05, 3.63) is 36.5 Å². The molecule has 0 fully saturated rings. The van der Waals surface area contributed by atoms with Gasteiger partial charge in [0.15, 0.2) is 6.29 Å². The van der Waals surface area contributed by atoms with Gasteiger partial charge in [-0.2, -0.15) is 0 Å². The third-order valence-corrected chi connectivity index (χ3v) is 1.65. The highest BCUT2D eigenvalue weighted by atomic mass is 16.7. The predicted octanol–water partition coefficient (Wildman–Crippen LogP) is 3.07. The van der Waals surface area contributed by atoms with Crippen LogP contribution in [0.25, 0.3) is 0 Å². The molecule has 0 atom stereocenters. The molecule has 80 valence electrons. The molecule has 0 aromatic carbocycles. The summed E-state index contributed by atoms with van der Waals surface area (Å²) in [5.41, 5.74) is 0. The molecule has 0 aliphatic rings. The predicted molar refractivity (Wildman–Crippen MR) is 60.1 cm³/mol. The topological polar surface area (TPSA) is 18.5 Å². The van der Waals surface area contributed by atoms with Gasteiger partial charge in [0.25, 0.3) is 0 Å². The molecule has 0 unspecified atom stereocenters. The Balaban J connectivity index is 3.63. The van der Waals surface area contributed by atoms with Crippen LogP contribution in [-0.4, -0.2) is 20.5 Å². The van der Waals surface area contributed by atoms with Gasteiger partial charge in [0.2, 0.25) is 0 Å². The third-order valence-electron chi connectivity index (χ3n) is 1.65. The minimum absolute atomic E-state index is 0.245. The van der Waals surface area contributed by atoms with Crippen molar-refractivity contribution in [3.63, 3.8) is 0 Å². The molecule has 0 aromatic rings. The van der Waals surface area contributed by atoms with Gasteiger partial charge in [0.05, 0.1) is 0 Å². The van der Waals surface area contributed by atoms with Crippen LogP contribution < -0.4 is 0 Å². The van der Waals surface area contributed by atoms with Crippen LogP contribution in [0.1, 0.15) is 19.8 Å². The van der Waals surface area contributed by atoms with E-state index in [0.29, 0.717) is 0 Å². The highest BCUT2D eigenvalue weighted by Crippen LogP contribution is 1.94. The van der Waals surface area contributed by atoms with Crippen molar-refractivity contribution in [1.82, 2.24) is 0 Å². The van der Waals surface area contributed by atoms with Crippen LogP contribution in [0, 0.1) is 0 Å². The molecule has 2 nitrogen and oxygen atoms in total. The van der Waals surface area contributed by atoms with Gasteiger partial charge in [-0.1, -0.05) is 37.3 Å². The van der Waals surface area contributed by atoms with Crippen LogP contribution >= 0.6 is 0 Å². The van der Waals surface area contributed by atoms with Gasteiger partial charge < -0.3 is 9.47 Å². The van der Waals surface area contributed by atoms with Gasteiger partial charge in [0.1, 0.15) is 0 Å². The lowest BCUT2D eigenvalue weighted by atomic mass is 10.3. The highest BCUT2D eigenvalue weighted by Gasteiger charge is 1.94. The Hall–Kier alpha value is -0.860. The lowest BCUT2D eigenvalue weighted by Crippen LogP contribution is -2.08. The number of rotatable bonds is 7. The molecule has 0 saturated carbocycles.